The van der Waals surface area contributed by atoms with Gasteiger partial charge in [0.2, 0.25) is 0 Å². The molecule has 1 aliphatic carbocycles. The van der Waals surface area contributed by atoms with E-state index in [1.54, 1.807) is 0 Å². The fourth-order valence-corrected chi connectivity index (χ4v) is 3.09. The van der Waals surface area contributed by atoms with Gasteiger partial charge in [0.1, 0.15) is 0 Å². The van der Waals surface area contributed by atoms with E-state index in [1.165, 1.54) is 38.8 Å². The smallest absolute Gasteiger partial charge is 0.00178 e. The third kappa shape index (κ3) is 4.45. The first-order valence-electron chi connectivity index (χ1n) is 7.15. The summed E-state index contributed by atoms with van der Waals surface area (Å²) < 4.78 is 0. The normalized spacial score (nSPS) is 29.6. The molecular weight excluding hydrogens is 194 g/mol. The summed E-state index contributed by atoms with van der Waals surface area (Å²) in [7, 11) is 0. The second kappa shape index (κ2) is 6.05. The van der Waals surface area contributed by atoms with Crippen LogP contribution in [0, 0.1) is 23.2 Å². The van der Waals surface area contributed by atoms with Gasteiger partial charge in [-0.15, -0.1) is 0 Å². The predicted octanol–water partition coefficient (Wildman–Crippen LogP) is 4.08. The van der Waals surface area contributed by atoms with Crippen LogP contribution in [-0.4, -0.2) is 13.1 Å². The molecule has 1 saturated carbocycles. The highest BCUT2D eigenvalue weighted by atomic mass is 14.9. The highest BCUT2D eigenvalue weighted by Crippen LogP contribution is 2.42. The molecule has 2 atom stereocenters. The van der Waals surface area contributed by atoms with Gasteiger partial charge >= 0.3 is 0 Å². The average Bonchev–Trinajstić information content (AvgIpc) is 2.19. The van der Waals surface area contributed by atoms with E-state index in [9.17, 15) is 0 Å². The van der Waals surface area contributed by atoms with Gasteiger partial charge in [-0.3, -0.25) is 0 Å². The van der Waals surface area contributed by atoms with Crippen LogP contribution < -0.4 is 5.32 Å². The van der Waals surface area contributed by atoms with Crippen molar-refractivity contribution in [1.82, 2.24) is 5.32 Å². The zero-order valence-electron chi connectivity index (χ0n) is 12.0. The first kappa shape index (κ1) is 14.0. The monoisotopic (exact) mass is 225 g/mol. The van der Waals surface area contributed by atoms with Crippen LogP contribution in [0.5, 0.6) is 0 Å². The SMILES string of the molecule is CCC1CC(C)(C)CCC1CNCC(C)C. The van der Waals surface area contributed by atoms with Crippen LogP contribution in [0.4, 0.5) is 0 Å². The Bertz CT molecular complexity index is 196. The molecule has 2 unspecified atom stereocenters. The highest BCUT2D eigenvalue weighted by Gasteiger charge is 2.33. The number of rotatable bonds is 5. The zero-order chi connectivity index (χ0) is 12.2. The van der Waals surface area contributed by atoms with Crippen molar-refractivity contribution in [3.8, 4) is 0 Å². The molecule has 1 rings (SSSR count). The van der Waals surface area contributed by atoms with Crippen molar-refractivity contribution in [2.45, 2.75) is 60.3 Å². The lowest BCUT2D eigenvalue weighted by Crippen LogP contribution is -2.36. The lowest BCUT2D eigenvalue weighted by Gasteiger charge is -2.40. The molecule has 1 aliphatic rings. The molecule has 0 amide bonds. The minimum atomic E-state index is 0.592. The lowest BCUT2D eigenvalue weighted by molar-refractivity contribution is 0.113. The summed E-state index contributed by atoms with van der Waals surface area (Å²) in [6.07, 6.45) is 5.63. The fraction of sp³-hybridized carbons (Fsp3) is 1.00. The molecule has 0 aliphatic heterocycles. The number of nitrogens with one attached hydrogen (secondary N) is 1. The van der Waals surface area contributed by atoms with Crippen molar-refractivity contribution < 1.29 is 0 Å². The quantitative estimate of drug-likeness (QED) is 0.743. The molecule has 0 aromatic carbocycles. The number of hydrogen-bond donors (Lipinski definition) is 1. The molecule has 1 N–H and O–H groups in total. The van der Waals surface area contributed by atoms with E-state index in [0.29, 0.717) is 5.41 Å². The molecule has 0 bridgehead atoms. The van der Waals surface area contributed by atoms with E-state index in [0.717, 1.165) is 17.8 Å². The predicted molar refractivity (Wildman–Crippen MR) is 72.6 cm³/mol. The van der Waals surface area contributed by atoms with Gasteiger partial charge in [0.15, 0.2) is 0 Å². The van der Waals surface area contributed by atoms with Gasteiger partial charge in [-0.1, -0.05) is 41.0 Å². The molecule has 16 heavy (non-hydrogen) atoms. The molecule has 96 valence electrons. The topological polar surface area (TPSA) is 12.0 Å². The van der Waals surface area contributed by atoms with Gasteiger partial charge in [0.25, 0.3) is 0 Å². The summed E-state index contributed by atoms with van der Waals surface area (Å²) in [5.41, 5.74) is 0.592. The Labute approximate surface area is 102 Å². The van der Waals surface area contributed by atoms with Crippen LogP contribution in [0.15, 0.2) is 0 Å². The van der Waals surface area contributed by atoms with Crippen molar-refractivity contribution in [3.63, 3.8) is 0 Å². The van der Waals surface area contributed by atoms with Gasteiger partial charge < -0.3 is 5.32 Å². The summed E-state index contributed by atoms with van der Waals surface area (Å²) in [6.45, 7) is 14.2. The third-order valence-corrected chi connectivity index (χ3v) is 4.16. The van der Waals surface area contributed by atoms with E-state index in [2.05, 4.69) is 39.9 Å². The summed E-state index contributed by atoms with van der Waals surface area (Å²) in [4.78, 5) is 0. The Morgan fingerprint density at radius 2 is 1.94 bits per heavy atom. The van der Waals surface area contributed by atoms with Crippen LogP contribution in [0.3, 0.4) is 0 Å². The molecular formula is C15H31N. The Morgan fingerprint density at radius 3 is 2.50 bits per heavy atom. The fourth-order valence-electron chi connectivity index (χ4n) is 3.09. The van der Waals surface area contributed by atoms with Crippen molar-refractivity contribution in [1.29, 1.82) is 0 Å². The summed E-state index contributed by atoms with van der Waals surface area (Å²) in [6, 6.07) is 0. The third-order valence-electron chi connectivity index (χ3n) is 4.16. The van der Waals surface area contributed by atoms with Gasteiger partial charge in [-0.05, 0) is 55.5 Å². The van der Waals surface area contributed by atoms with Crippen LogP contribution >= 0.6 is 0 Å². The number of hydrogen-bond acceptors (Lipinski definition) is 1. The highest BCUT2D eigenvalue weighted by molar-refractivity contribution is 4.85. The van der Waals surface area contributed by atoms with Crippen LogP contribution in [0.2, 0.25) is 0 Å². The van der Waals surface area contributed by atoms with E-state index in [4.69, 9.17) is 0 Å². The Kier molecular flexibility index (Phi) is 5.30. The molecule has 0 heterocycles. The van der Waals surface area contributed by atoms with Crippen LogP contribution in [0.25, 0.3) is 0 Å². The van der Waals surface area contributed by atoms with Gasteiger partial charge in [-0.2, -0.15) is 0 Å². The zero-order valence-corrected chi connectivity index (χ0v) is 12.0. The maximum atomic E-state index is 3.65. The van der Waals surface area contributed by atoms with Crippen molar-refractivity contribution in [3.05, 3.63) is 0 Å². The van der Waals surface area contributed by atoms with E-state index < -0.39 is 0 Å². The maximum absolute atomic E-state index is 3.65. The molecule has 1 fully saturated rings. The van der Waals surface area contributed by atoms with Gasteiger partial charge in [-0.25, -0.2) is 0 Å². The van der Waals surface area contributed by atoms with Crippen molar-refractivity contribution in [2.24, 2.45) is 23.2 Å². The lowest BCUT2D eigenvalue weighted by atomic mass is 9.66. The minimum absolute atomic E-state index is 0.592. The largest absolute Gasteiger partial charge is 0.316 e. The van der Waals surface area contributed by atoms with Crippen LogP contribution in [-0.2, 0) is 0 Å². The molecule has 0 aromatic rings. The first-order chi connectivity index (χ1) is 7.44. The summed E-state index contributed by atoms with van der Waals surface area (Å²) in [5.74, 6) is 2.65. The Hall–Kier alpha value is -0.0400. The second-order valence-corrected chi connectivity index (χ2v) is 6.89. The van der Waals surface area contributed by atoms with Gasteiger partial charge in [0.05, 0.1) is 0 Å². The Balaban J connectivity index is 2.35. The second-order valence-electron chi connectivity index (χ2n) is 6.89. The summed E-state index contributed by atoms with van der Waals surface area (Å²) >= 11 is 0. The van der Waals surface area contributed by atoms with E-state index in [-0.39, 0.29) is 0 Å². The van der Waals surface area contributed by atoms with Crippen LogP contribution in [0.1, 0.15) is 60.3 Å². The van der Waals surface area contributed by atoms with Crippen molar-refractivity contribution in [2.75, 3.05) is 13.1 Å². The van der Waals surface area contributed by atoms with Gasteiger partial charge in [0, 0.05) is 0 Å². The standard InChI is InChI=1S/C15H31N/c1-6-13-9-15(4,5)8-7-14(13)11-16-10-12(2)3/h12-14,16H,6-11H2,1-5H3. The van der Waals surface area contributed by atoms with E-state index >= 15 is 0 Å². The molecule has 0 radical (unpaired) electrons. The molecule has 1 nitrogen and oxygen atoms in total. The van der Waals surface area contributed by atoms with Crippen molar-refractivity contribution >= 4 is 0 Å². The molecule has 0 spiro atoms. The first-order valence-corrected chi connectivity index (χ1v) is 7.15. The average molecular weight is 225 g/mol. The maximum Gasteiger partial charge on any atom is -0.00178 e. The Morgan fingerprint density at radius 1 is 1.25 bits per heavy atom. The van der Waals surface area contributed by atoms with E-state index in [1.807, 2.05) is 0 Å². The molecule has 0 saturated heterocycles. The summed E-state index contributed by atoms with van der Waals surface area (Å²) in [5, 5.41) is 3.65. The molecule has 1 heteroatoms. The minimum Gasteiger partial charge on any atom is -0.316 e. The molecule has 0 aromatic heterocycles.